The van der Waals surface area contributed by atoms with Gasteiger partial charge >= 0.3 is 0 Å². The Balaban J connectivity index is 1.40. The summed E-state index contributed by atoms with van der Waals surface area (Å²) in [6, 6.07) is 9.62. The van der Waals surface area contributed by atoms with Gasteiger partial charge in [0.1, 0.15) is 11.8 Å². The van der Waals surface area contributed by atoms with Crippen molar-refractivity contribution in [1.82, 2.24) is 10.0 Å². The average Bonchev–Trinajstić information content (AvgIpc) is 3.68. The molecule has 7 nitrogen and oxygen atoms in total. The van der Waals surface area contributed by atoms with Gasteiger partial charge in [0, 0.05) is 10.6 Å². The predicted molar refractivity (Wildman–Crippen MR) is 136 cm³/mol. The van der Waals surface area contributed by atoms with Crippen LogP contribution in [-0.4, -0.2) is 46.7 Å². The van der Waals surface area contributed by atoms with E-state index < -0.39 is 41.4 Å². The van der Waals surface area contributed by atoms with Crippen molar-refractivity contribution in [3.8, 4) is 5.75 Å². The Morgan fingerprint density at radius 3 is 2.11 bits per heavy atom. The maximum Gasteiger partial charge on any atom is 0.275 e. The molecule has 7 atom stereocenters. The number of ketones is 1. The number of hydrazine groups is 1. The number of hydrogen-bond donors (Lipinski definition) is 0. The van der Waals surface area contributed by atoms with Gasteiger partial charge in [0.25, 0.3) is 17.7 Å². The summed E-state index contributed by atoms with van der Waals surface area (Å²) in [6.07, 6.45) is 5.14. The Kier molecular flexibility index (Phi) is 5.69. The van der Waals surface area contributed by atoms with Crippen LogP contribution in [0.5, 0.6) is 5.75 Å². The highest BCUT2D eigenvalue weighted by molar-refractivity contribution is 6.36. The summed E-state index contributed by atoms with van der Waals surface area (Å²) >= 11 is 12.4. The number of carbonyl (C=O) groups is 4. The van der Waals surface area contributed by atoms with E-state index in [0.29, 0.717) is 28.2 Å². The van der Waals surface area contributed by atoms with Crippen molar-refractivity contribution < 1.29 is 23.9 Å². The van der Waals surface area contributed by atoms with Crippen LogP contribution in [0.25, 0.3) is 0 Å². The SMILES string of the molecule is COc1ccc(C(=O)[C@H](C)N(C(=O)c2ccc(Cl)cc2Cl)N2C(=O)[C@@H]3[C@H]4C=C[C@@H]([C@@H]5C[C@H]45)[C@H]3C2=O)cc1. The highest BCUT2D eigenvalue weighted by Crippen LogP contribution is 2.65. The van der Waals surface area contributed by atoms with Gasteiger partial charge in [-0.25, -0.2) is 5.01 Å². The Morgan fingerprint density at radius 2 is 1.57 bits per heavy atom. The van der Waals surface area contributed by atoms with Crippen LogP contribution in [0, 0.1) is 35.5 Å². The van der Waals surface area contributed by atoms with Crippen molar-refractivity contribution in [3.05, 3.63) is 75.8 Å². The standard InChI is InChI=1S/C28H24Cl2N2O5/c1-13(25(33)14-3-6-16(37-2)7-4-14)31(26(34)19-8-5-15(29)11-22(19)30)32-27(35)23-17-9-10-18(21-12-20(17)21)24(23)28(32)36/h3-11,13,17-18,20-21,23-24H,12H2,1-2H3/t13-,17-,18-,20-,21+,23+,24+/m0/s1. The van der Waals surface area contributed by atoms with Gasteiger partial charge in [0.15, 0.2) is 5.78 Å². The molecule has 3 fully saturated rings. The third-order valence-electron chi connectivity index (χ3n) is 8.35. The van der Waals surface area contributed by atoms with Gasteiger partial charge in [0.2, 0.25) is 0 Å². The van der Waals surface area contributed by atoms with E-state index in [4.69, 9.17) is 27.9 Å². The Morgan fingerprint density at radius 1 is 0.973 bits per heavy atom. The van der Waals surface area contributed by atoms with E-state index in [2.05, 4.69) is 12.2 Å². The number of halogens is 2. The molecule has 0 spiro atoms. The molecule has 1 saturated heterocycles. The summed E-state index contributed by atoms with van der Waals surface area (Å²) < 4.78 is 5.17. The molecule has 3 amide bonds. The molecule has 0 radical (unpaired) electrons. The molecule has 37 heavy (non-hydrogen) atoms. The summed E-state index contributed by atoms with van der Waals surface area (Å²) in [5.41, 5.74) is 0.354. The molecule has 0 N–H and O–H groups in total. The van der Waals surface area contributed by atoms with Gasteiger partial charge < -0.3 is 4.74 Å². The molecule has 1 aliphatic heterocycles. The maximum absolute atomic E-state index is 14.0. The third-order valence-corrected chi connectivity index (χ3v) is 8.89. The molecule has 0 aromatic heterocycles. The Bertz CT molecular complexity index is 1340. The topological polar surface area (TPSA) is 84.0 Å². The highest BCUT2D eigenvalue weighted by Gasteiger charge is 2.68. The number of Topliss-reactive ketones (excluding diaryl/α,β-unsaturated/α-hetero) is 1. The lowest BCUT2D eigenvalue weighted by atomic mass is 9.63. The zero-order valence-electron chi connectivity index (χ0n) is 20.1. The molecule has 4 aliphatic carbocycles. The number of nitrogens with zero attached hydrogens (tertiary/aromatic N) is 2. The first-order valence-electron chi connectivity index (χ1n) is 12.3. The second kappa shape index (κ2) is 8.71. The minimum atomic E-state index is -1.17. The van der Waals surface area contributed by atoms with Gasteiger partial charge in [-0.05, 0) is 79.5 Å². The molecule has 1 heterocycles. The first kappa shape index (κ1) is 24.2. The van der Waals surface area contributed by atoms with Crippen LogP contribution in [0.3, 0.4) is 0 Å². The predicted octanol–water partition coefficient (Wildman–Crippen LogP) is 4.68. The van der Waals surface area contributed by atoms with Crippen molar-refractivity contribution in [2.45, 2.75) is 19.4 Å². The van der Waals surface area contributed by atoms with Crippen LogP contribution in [0.1, 0.15) is 34.1 Å². The summed E-state index contributed by atoms with van der Waals surface area (Å²) in [5.74, 6) is -1.74. The number of hydrogen-bond acceptors (Lipinski definition) is 5. The minimum Gasteiger partial charge on any atom is -0.497 e. The van der Waals surface area contributed by atoms with Crippen LogP contribution in [0.15, 0.2) is 54.6 Å². The molecule has 9 heteroatoms. The number of ether oxygens (including phenoxy) is 1. The van der Waals surface area contributed by atoms with Crippen molar-refractivity contribution >= 4 is 46.7 Å². The van der Waals surface area contributed by atoms with Gasteiger partial charge in [-0.1, -0.05) is 35.4 Å². The zero-order valence-corrected chi connectivity index (χ0v) is 21.6. The fourth-order valence-corrected chi connectivity index (χ4v) is 6.98. The van der Waals surface area contributed by atoms with E-state index in [1.807, 2.05) is 0 Å². The number of methoxy groups -OCH3 is 1. The smallest absolute Gasteiger partial charge is 0.275 e. The zero-order chi connectivity index (χ0) is 26.2. The number of allylic oxidation sites excluding steroid dienone is 2. The van der Waals surface area contributed by atoms with Gasteiger partial charge in [-0.2, -0.15) is 5.01 Å². The molecule has 2 saturated carbocycles. The molecule has 2 aromatic carbocycles. The van der Waals surface area contributed by atoms with Crippen molar-refractivity contribution in [2.75, 3.05) is 7.11 Å². The molecule has 2 aromatic rings. The third kappa shape index (κ3) is 3.62. The molecule has 0 unspecified atom stereocenters. The summed E-state index contributed by atoms with van der Waals surface area (Å²) in [4.78, 5) is 55.3. The van der Waals surface area contributed by atoms with Crippen molar-refractivity contribution in [1.29, 1.82) is 0 Å². The number of imide groups is 1. The molecule has 2 bridgehead atoms. The molecule has 7 rings (SSSR count). The van der Waals surface area contributed by atoms with E-state index >= 15 is 0 Å². The minimum absolute atomic E-state index is 0.0230. The van der Waals surface area contributed by atoms with Crippen LogP contribution in [0.2, 0.25) is 10.0 Å². The monoisotopic (exact) mass is 538 g/mol. The molecule has 5 aliphatic rings. The highest BCUT2D eigenvalue weighted by atomic mass is 35.5. The van der Waals surface area contributed by atoms with E-state index in [1.165, 1.54) is 32.2 Å². The van der Waals surface area contributed by atoms with E-state index in [9.17, 15) is 19.2 Å². The van der Waals surface area contributed by atoms with Crippen LogP contribution in [-0.2, 0) is 9.59 Å². The molecule has 190 valence electrons. The van der Waals surface area contributed by atoms with Gasteiger partial charge in [0.05, 0.1) is 29.5 Å². The Hall–Kier alpha value is -3.16. The average molecular weight is 539 g/mol. The lowest BCUT2D eigenvalue weighted by Crippen LogP contribution is -2.56. The normalized spacial score (nSPS) is 29.6. The lowest BCUT2D eigenvalue weighted by Gasteiger charge is -2.37. The fourth-order valence-electron chi connectivity index (χ4n) is 6.49. The van der Waals surface area contributed by atoms with Crippen LogP contribution >= 0.6 is 23.2 Å². The first-order valence-corrected chi connectivity index (χ1v) is 13.0. The van der Waals surface area contributed by atoms with Crippen LogP contribution < -0.4 is 4.74 Å². The number of rotatable bonds is 6. The number of benzene rings is 2. The quantitative estimate of drug-likeness (QED) is 0.302. The largest absolute Gasteiger partial charge is 0.497 e. The number of amides is 3. The fraction of sp³-hybridized carbons (Fsp3) is 0.357. The summed E-state index contributed by atoms with van der Waals surface area (Å²) in [7, 11) is 1.52. The maximum atomic E-state index is 14.0. The second-order valence-corrected chi connectivity index (χ2v) is 11.0. The van der Waals surface area contributed by atoms with Crippen molar-refractivity contribution in [2.24, 2.45) is 35.5 Å². The molecular weight excluding hydrogens is 515 g/mol. The molecular formula is C28H24Cl2N2O5. The first-order chi connectivity index (χ1) is 17.7. The van der Waals surface area contributed by atoms with Crippen LogP contribution in [0.4, 0.5) is 0 Å². The van der Waals surface area contributed by atoms with Crippen molar-refractivity contribution in [3.63, 3.8) is 0 Å². The summed E-state index contributed by atoms with van der Waals surface area (Å²) in [6.45, 7) is 1.52. The lowest BCUT2D eigenvalue weighted by molar-refractivity contribution is -0.156. The van der Waals surface area contributed by atoms with E-state index in [-0.39, 0.29) is 22.4 Å². The van der Waals surface area contributed by atoms with E-state index in [1.54, 1.807) is 24.3 Å². The van der Waals surface area contributed by atoms with Gasteiger partial charge in [-0.3, -0.25) is 19.2 Å². The van der Waals surface area contributed by atoms with Gasteiger partial charge in [-0.15, -0.1) is 0 Å². The van der Waals surface area contributed by atoms with E-state index in [0.717, 1.165) is 16.4 Å². The summed E-state index contributed by atoms with van der Waals surface area (Å²) in [5, 5.41) is 2.31. The Labute approximate surface area is 223 Å². The number of carbonyl (C=O) groups excluding carboxylic acids is 4. The second-order valence-electron chi connectivity index (χ2n) is 10.2.